The second kappa shape index (κ2) is 5.50. The summed E-state index contributed by atoms with van der Waals surface area (Å²) in [6.45, 7) is 5.22. The summed E-state index contributed by atoms with van der Waals surface area (Å²) >= 11 is 0. The van der Waals surface area contributed by atoms with Crippen molar-refractivity contribution in [2.45, 2.75) is 57.9 Å². The van der Waals surface area contributed by atoms with Crippen molar-refractivity contribution in [2.24, 2.45) is 5.92 Å². The zero-order valence-electron chi connectivity index (χ0n) is 9.88. The van der Waals surface area contributed by atoms with Crippen LogP contribution in [0.25, 0.3) is 0 Å². The van der Waals surface area contributed by atoms with E-state index < -0.39 is 5.97 Å². The first-order valence-corrected chi connectivity index (χ1v) is 6.11. The van der Waals surface area contributed by atoms with Gasteiger partial charge in [-0.05, 0) is 31.7 Å². The van der Waals surface area contributed by atoms with E-state index in [9.17, 15) is 4.79 Å². The molecule has 0 aromatic heterocycles. The van der Waals surface area contributed by atoms with Crippen molar-refractivity contribution in [3.63, 3.8) is 0 Å². The van der Waals surface area contributed by atoms with Gasteiger partial charge in [0.25, 0.3) is 0 Å². The van der Waals surface area contributed by atoms with E-state index in [0.717, 1.165) is 25.8 Å². The van der Waals surface area contributed by atoms with Crippen molar-refractivity contribution >= 4 is 5.97 Å². The number of carboxylic acid groups (broad SMARTS) is 1. The molecule has 3 heteroatoms. The second-order valence-electron chi connectivity index (χ2n) is 4.65. The van der Waals surface area contributed by atoms with Crippen molar-refractivity contribution in [3.05, 3.63) is 0 Å². The Hall–Kier alpha value is -0.570. The molecule has 0 aliphatic heterocycles. The first-order valence-electron chi connectivity index (χ1n) is 6.11. The minimum Gasteiger partial charge on any atom is -0.481 e. The molecule has 1 rings (SSSR count). The third kappa shape index (κ3) is 2.94. The molecule has 1 fully saturated rings. The van der Waals surface area contributed by atoms with Crippen LogP contribution in [0.2, 0.25) is 0 Å². The number of nitrogens with one attached hydrogen (secondary N) is 1. The fourth-order valence-electron chi connectivity index (χ4n) is 2.91. The first kappa shape index (κ1) is 12.5. The maximum absolute atomic E-state index is 10.9. The third-order valence-electron chi connectivity index (χ3n) is 3.64. The normalized spacial score (nSPS) is 30.7. The summed E-state index contributed by atoms with van der Waals surface area (Å²) in [5.41, 5.74) is -0.114. The molecule has 0 heterocycles. The Morgan fingerprint density at radius 3 is 2.80 bits per heavy atom. The highest BCUT2D eigenvalue weighted by atomic mass is 16.4. The molecule has 0 bridgehead atoms. The lowest BCUT2D eigenvalue weighted by molar-refractivity contribution is -0.139. The molecule has 1 aliphatic carbocycles. The maximum Gasteiger partial charge on any atom is 0.305 e. The van der Waals surface area contributed by atoms with Crippen molar-refractivity contribution in [1.29, 1.82) is 0 Å². The van der Waals surface area contributed by atoms with Gasteiger partial charge in [0.05, 0.1) is 6.42 Å². The molecular formula is C12H23NO2. The van der Waals surface area contributed by atoms with Gasteiger partial charge >= 0.3 is 5.97 Å². The zero-order chi connectivity index (χ0) is 11.3. The van der Waals surface area contributed by atoms with Crippen LogP contribution in [0.5, 0.6) is 0 Å². The number of carboxylic acids is 1. The molecule has 0 amide bonds. The molecule has 2 unspecified atom stereocenters. The van der Waals surface area contributed by atoms with E-state index in [1.165, 1.54) is 12.8 Å². The van der Waals surface area contributed by atoms with Crippen LogP contribution in [0.4, 0.5) is 0 Å². The number of hydrogen-bond acceptors (Lipinski definition) is 2. The summed E-state index contributed by atoms with van der Waals surface area (Å²) in [6.07, 6.45) is 5.81. The highest BCUT2D eigenvalue weighted by Gasteiger charge is 2.42. The smallest absolute Gasteiger partial charge is 0.305 e. The summed E-state index contributed by atoms with van der Waals surface area (Å²) in [5, 5.41) is 12.5. The Balaban J connectivity index is 2.69. The molecule has 3 nitrogen and oxygen atoms in total. The first-order chi connectivity index (χ1) is 7.14. The fourth-order valence-corrected chi connectivity index (χ4v) is 2.91. The van der Waals surface area contributed by atoms with Crippen LogP contribution < -0.4 is 5.32 Å². The number of aliphatic carboxylic acids is 1. The predicted molar refractivity (Wildman–Crippen MR) is 60.9 cm³/mol. The molecule has 2 atom stereocenters. The SMILES string of the molecule is CCCNC1(CC(=O)O)CCCC1CC. The zero-order valence-corrected chi connectivity index (χ0v) is 9.88. The van der Waals surface area contributed by atoms with Gasteiger partial charge in [-0.3, -0.25) is 4.79 Å². The number of rotatable bonds is 6. The average molecular weight is 213 g/mol. The maximum atomic E-state index is 10.9. The molecule has 1 saturated carbocycles. The fraction of sp³-hybridized carbons (Fsp3) is 0.917. The number of hydrogen-bond donors (Lipinski definition) is 2. The van der Waals surface area contributed by atoms with Gasteiger partial charge in [-0.25, -0.2) is 0 Å². The van der Waals surface area contributed by atoms with Gasteiger partial charge in [0, 0.05) is 5.54 Å². The minimum absolute atomic E-state index is 0.114. The predicted octanol–water partition coefficient (Wildman–Crippen LogP) is 2.41. The van der Waals surface area contributed by atoms with Crippen LogP contribution in [-0.4, -0.2) is 23.2 Å². The lowest BCUT2D eigenvalue weighted by atomic mass is 9.82. The lowest BCUT2D eigenvalue weighted by Crippen LogP contribution is -2.50. The number of carbonyl (C=O) groups is 1. The molecule has 0 aromatic rings. The van der Waals surface area contributed by atoms with Crippen LogP contribution in [0.15, 0.2) is 0 Å². The molecule has 0 saturated heterocycles. The van der Waals surface area contributed by atoms with E-state index in [0.29, 0.717) is 5.92 Å². The lowest BCUT2D eigenvalue weighted by Gasteiger charge is -2.35. The standard InChI is InChI=1S/C12H23NO2/c1-3-8-13-12(9-11(14)15)7-5-6-10(12)4-2/h10,13H,3-9H2,1-2H3,(H,14,15). The Kier molecular flexibility index (Phi) is 4.58. The molecule has 1 aliphatic rings. The summed E-state index contributed by atoms with van der Waals surface area (Å²) in [4.78, 5) is 10.9. The minimum atomic E-state index is -0.668. The van der Waals surface area contributed by atoms with Gasteiger partial charge in [0.2, 0.25) is 0 Å². The Morgan fingerprint density at radius 2 is 2.27 bits per heavy atom. The highest BCUT2D eigenvalue weighted by Crippen LogP contribution is 2.40. The molecule has 2 N–H and O–H groups in total. The van der Waals surface area contributed by atoms with Crippen molar-refractivity contribution in [2.75, 3.05) is 6.54 Å². The highest BCUT2D eigenvalue weighted by molar-refractivity contribution is 5.68. The average Bonchev–Trinajstić information content (AvgIpc) is 2.57. The van der Waals surface area contributed by atoms with Gasteiger partial charge in [-0.1, -0.05) is 26.7 Å². The van der Waals surface area contributed by atoms with Gasteiger partial charge in [0.15, 0.2) is 0 Å². The molecule has 0 radical (unpaired) electrons. The van der Waals surface area contributed by atoms with E-state index in [4.69, 9.17) is 5.11 Å². The summed E-state index contributed by atoms with van der Waals surface area (Å²) < 4.78 is 0. The Morgan fingerprint density at radius 1 is 1.53 bits per heavy atom. The van der Waals surface area contributed by atoms with E-state index in [2.05, 4.69) is 19.2 Å². The van der Waals surface area contributed by atoms with Crippen molar-refractivity contribution in [3.8, 4) is 0 Å². The van der Waals surface area contributed by atoms with Gasteiger partial charge in [0.1, 0.15) is 0 Å². The Bertz CT molecular complexity index is 218. The van der Waals surface area contributed by atoms with E-state index in [1.807, 2.05) is 0 Å². The molecule has 0 spiro atoms. The van der Waals surface area contributed by atoms with E-state index in [1.54, 1.807) is 0 Å². The quantitative estimate of drug-likeness (QED) is 0.712. The largest absolute Gasteiger partial charge is 0.481 e. The summed E-state index contributed by atoms with van der Waals surface area (Å²) in [6, 6.07) is 0. The summed E-state index contributed by atoms with van der Waals surface area (Å²) in [5.74, 6) is -0.126. The molecule has 0 aromatic carbocycles. The van der Waals surface area contributed by atoms with Crippen LogP contribution in [-0.2, 0) is 4.79 Å². The van der Waals surface area contributed by atoms with Gasteiger partial charge in [-0.2, -0.15) is 0 Å². The van der Waals surface area contributed by atoms with Crippen LogP contribution in [0.3, 0.4) is 0 Å². The molecule has 88 valence electrons. The van der Waals surface area contributed by atoms with E-state index in [-0.39, 0.29) is 12.0 Å². The van der Waals surface area contributed by atoms with Crippen molar-refractivity contribution < 1.29 is 9.90 Å². The van der Waals surface area contributed by atoms with Crippen molar-refractivity contribution in [1.82, 2.24) is 5.32 Å². The molecular weight excluding hydrogens is 190 g/mol. The second-order valence-corrected chi connectivity index (χ2v) is 4.65. The Labute approximate surface area is 92.3 Å². The molecule has 15 heavy (non-hydrogen) atoms. The summed E-state index contributed by atoms with van der Waals surface area (Å²) in [7, 11) is 0. The van der Waals surface area contributed by atoms with Crippen LogP contribution >= 0.6 is 0 Å². The van der Waals surface area contributed by atoms with Gasteiger partial charge in [-0.15, -0.1) is 0 Å². The monoisotopic (exact) mass is 213 g/mol. The topological polar surface area (TPSA) is 49.3 Å². The third-order valence-corrected chi connectivity index (χ3v) is 3.64. The van der Waals surface area contributed by atoms with E-state index >= 15 is 0 Å². The van der Waals surface area contributed by atoms with Crippen LogP contribution in [0.1, 0.15) is 52.4 Å². The van der Waals surface area contributed by atoms with Crippen LogP contribution in [0, 0.1) is 5.92 Å². The van der Waals surface area contributed by atoms with Gasteiger partial charge < -0.3 is 10.4 Å².